The van der Waals surface area contributed by atoms with E-state index in [1.54, 1.807) is 26.0 Å². The van der Waals surface area contributed by atoms with Gasteiger partial charge in [0.05, 0.1) is 5.25 Å². The third kappa shape index (κ3) is 4.43. The van der Waals surface area contributed by atoms with E-state index in [-0.39, 0.29) is 12.3 Å². The van der Waals surface area contributed by atoms with Crippen molar-refractivity contribution in [1.29, 1.82) is 0 Å². The molecule has 0 radical (unpaired) electrons. The average molecular weight is 293 g/mol. The Kier molecular flexibility index (Phi) is 5.25. The SMILES string of the molecule is CC(C)S(=O)(=O)N(C)Cc1ccc(OC(F)F)cc1. The number of halogens is 2. The van der Waals surface area contributed by atoms with Crippen LogP contribution in [0.15, 0.2) is 24.3 Å². The van der Waals surface area contributed by atoms with Crippen LogP contribution >= 0.6 is 0 Å². The highest BCUT2D eigenvalue weighted by Gasteiger charge is 2.22. The van der Waals surface area contributed by atoms with E-state index in [1.165, 1.54) is 23.5 Å². The number of sulfonamides is 1. The van der Waals surface area contributed by atoms with Crippen LogP contribution in [0.2, 0.25) is 0 Å². The Balaban J connectivity index is 2.73. The molecule has 1 aromatic carbocycles. The molecule has 0 bridgehead atoms. The molecule has 0 heterocycles. The molecule has 7 heteroatoms. The summed E-state index contributed by atoms with van der Waals surface area (Å²) < 4.78 is 53.1. The minimum absolute atomic E-state index is 0.0492. The lowest BCUT2D eigenvalue weighted by Crippen LogP contribution is -2.32. The molecule has 0 spiro atoms. The largest absolute Gasteiger partial charge is 0.435 e. The number of rotatable bonds is 6. The van der Waals surface area contributed by atoms with Crippen molar-refractivity contribution < 1.29 is 21.9 Å². The van der Waals surface area contributed by atoms with E-state index in [2.05, 4.69) is 4.74 Å². The normalized spacial score (nSPS) is 12.4. The first-order chi connectivity index (χ1) is 8.73. The van der Waals surface area contributed by atoms with Gasteiger partial charge in [0.25, 0.3) is 0 Å². The highest BCUT2D eigenvalue weighted by molar-refractivity contribution is 7.89. The monoisotopic (exact) mass is 293 g/mol. The van der Waals surface area contributed by atoms with E-state index in [1.807, 2.05) is 0 Å². The van der Waals surface area contributed by atoms with Crippen molar-refractivity contribution in [1.82, 2.24) is 4.31 Å². The predicted octanol–water partition coefficient (Wildman–Crippen LogP) is 2.46. The summed E-state index contributed by atoms with van der Waals surface area (Å²) in [6, 6.07) is 5.89. The first-order valence-electron chi connectivity index (χ1n) is 5.72. The minimum atomic E-state index is -3.32. The van der Waals surface area contributed by atoms with Gasteiger partial charge in [-0.1, -0.05) is 12.1 Å². The summed E-state index contributed by atoms with van der Waals surface area (Å²) in [6.07, 6.45) is 0. The van der Waals surface area contributed by atoms with Crippen LogP contribution in [0, 0.1) is 0 Å². The van der Waals surface area contributed by atoms with E-state index in [0.29, 0.717) is 5.56 Å². The second-order valence-electron chi connectivity index (χ2n) is 4.37. The molecule has 0 aliphatic rings. The molecule has 0 aliphatic carbocycles. The van der Waals surface area contributed by atoms with Crippen LogP contribution in [-0.4, -0.2) is 31.6 Å². The van der Waals surface area contributed by atoms with Crippen LogP contribution < -0.4 is 4.74 Å². The van der Waals surface area contributed by atoms with Gasteiger partial charge in [-0.3, -0.25) is 0 Å². The molecule has 1 aromatic rings. The molecule has 0 saturated carbocycles. The third-order valence-electron chi connectivity index (χ3n) is 2.58. The highest BCUT2D eigenvalue weighted by atomic mass is 32.2. The lowest BCUT2D eigenvalue weighted by Gasteiger charge is -2.19. The fourth-order valence-electron chi connectivity index (χ4n) is 1.48. The molecule has 19 heavy (non-hydrogen) atoms. The fourth-order valence-corrected chi connectivity index (χ4v) is 2.53. The smallest absolute Gasteiger partial charge is 0.387 e. The molecule has 0 atom stereocenters. The maximum absolute atomic E-state index is 12.0. The summed E-state index contributed by atoms with van der Waals surface area (Å²) in [5.74, 6) is 0.0492. The van der Waals surface area contributed by atoms with E-state index in [0.717, 1.165) is 0 Å². The first kappa shape index (κ1) is 15.8. The van der Waals surface area contributed by atoms with Gasteiger partial charge < -0.3 is 4.74 Å². The van der Waals surface area contributed by atoms with Crippen molar-refractivity contribution in [2.45, 2.75) is 32.3 Å². The molecule has 0 unspecified atom stereocenters. The van der Waals surface area contributed by atoms with Crippen LogP contribution in [0.5, 0.6) is 5.75 Å². The number of ether oxygens (including phenoxy) is 1. The van der Waals surface area contributed by atoms with E-state index in [4.69, 9.17) is 0 Å². The summed E-state index contributed by atoms with van der Waals surface area (Å²) in [4.78, 5) is 0. The lowest BCUT2D eigenvalue weighted by atomic mass is 10.2. The Hall–Kier alpha value is -1.21. The Labute approximate surface area is 112 Å². The molecule has 1 rings (SSSR count). The van der Waals surface area contributed by atoms with Gasteiger partial charge in [-0.2, -0.15) is 8.78 Å². The van der Waals surface area contributed by atoms with Crippen molar-refractivity contribution in [3.05, 3.63) is 29.8 Å². The maximum Gasteiger partial charge on any atom is 0.387 e. The molecule has 0 fully saturated rings. The average Bonchev–Trinajstić information content (AvgIpc) is 2.30. The molecule has 108 valence electrons. The van der Waals surface area contributed by atoms with Crippen LogP contribution in [0.3, 0.4) is 0 Å². The zero-order valence-electron chi connectivity index (χ0n) is 11.0. The van der Waals surface area contributed by atoms with Gasteiger partial charge in [0.15, 0.2) is 0 Å². The second-order valence-corrected chi connectivity index (χ2v) is 6.97. The van der Waals surface area contributed by atoms with Crippen LogP contribution in [0.25, 0.3) is 0 Å². The second kappa shape index (κ2) is 6.29. The molecule has 0 saturated heterocycles. The Morgan fingerprint density at radius 3 is 2.16 bits per heavy atom. The standard InChI is InChI=1S/C12H17F2NO3S/c1-9(2)19(16,17)15(3)8-10-4-6-11(7-5-10)18-12(13)14/h4-7,9,12H,8H2,1-3H3. The van der Waals surface area contributed by atoms with Gasteiger partial charge >= 0.3 is 6.61 Å². The minimum Gasteiger partial charge on any atom is -0.435 e. The zero-order valence-corrected chi connectivity index (χ0v) is 11.8. The summed E-state index contributed by atoms with van der Waals surface area (Å²) in [7, 11) is -1.84. The third-order valence-corrected chi connectivity index (χ3v) is 4.77. The van der Waals surface area contributed by atoms with Gasteiger partial charge in [0.2, 0.25) is 10.0 Å². The quantitative estimate of drug-likeness (QED) is 0.809. The number of alkyl halides is 2. The highest BCUT2D eigenvalue weighted by Crippen LogP contribution is 2.17. The summed E-state index contributed by atoms with van der Waals surface area (Å²) in [5.41, 5.74) is 0.702. The Morgan fingerprint density at radius 2 is 1.74 bits per heavy atom. The van der Waals surface area contributed by atoms with Crippen molar-refractivity contribution >= 4 is 10.0 Å². The van der Waals surface area contributed by atoms with E-state index in [9.17, 15) is 17.2 Å². The summed E-state index contributed by atoms with van der Waals surface area (Å²) >= 11 is 0. The van der Waals surface area contributed by atoms with Gasteiger partial charge in [-0.25, -0.2) is 12.7 Å². The van der Waals surface area contributed by atoms with E-state index < -0.39 is 21.9 Å². The first-order valence-corrected chi connectivity index (χ1v) is 7.22. The fraction of sp³-hybridized carbons (Fsp3) is 0.500. The number of nitrogens with zero attached hydrogens (tertiary/aromatic N) is 1. The van der Waals surface area contributed by atoms with E-state index >= 15 is 0 Å². The zero-order chi connectivity index (χ0) is 14.6. The molecular formula is C12H17F2NO3S. The van der Waals surface area contributed by atoms with Gasteiger partial charge in [0, 0.05) is 13.6 Å². The van der Waals surface area contributed by atoms with Gasteiger partial charge in [-0.15, -0.1) is 0 Å². The summed E-state index contributed by atoms with van der Waals surface area (Å²) in [6.45, 7) is 0.529. The van der Waals surface area contributed by atoms with Crippen molar-refractivity contribution in [2.24, 2.45) is 0 Å². The van der Waals surface area contributed by atoms with Gasteiger partial charge in [-0.05, 0) is 31.5 Å². The lowest BCUT2D eigenvalue weighted by molar-refractivity contribution is -0.0498. The molecule has 0 amide bonds. The molecule has 0 aliphatic heterocycles. The number of hydrogen-bond donors (Lipinski definition) is 0. The van der Waals surface area contributed by atoms with Crippen LogP contribution in [0.4, 0.5) is 8.78 Å². The molecule has 0 aromatic heterocycles. The number of benzene rings is 1. The Morgan fingerprint density at radius 1 is 1.21 bits per heavy atom. The predicted molar refractivity (Wildman–Crippen MR) is 68.6 cm³/mol. The maximum atomic E-state index is 12.0. The van der Waals surface area contributed by atoms with Crippen molar-refractivity contribution in [3.8, 4) is 5.75 Å². The molecule has 0 N–H and O–H groups in total. The van der Waals surface area contributed by atoms with Gasteiger partial charge in [0.1, 0.15) is 5.75 Å². The van der Waals surface area contributed by atoms with Crippen LogP contribution in [0.1, 0.15) is 19.4 Å². The van der Waals surface area contributed by atoms with Crippen molar-refractivity contribution in [2.75, 3.05) is 7.05 Å². The Bertz CT molecular complexity index is 500. The summed E-state index contributed by atoms with van der Waals surface area (Å²) in [5, 5.41) is -0.501. The van der Waals surface area contributed by atoms with Crippen molar-refractivity contribution in [3.63, 3.8) is 0 Å². The van der Waals surface area contributed by atoms with Crippen LogP contribution in [-0.2, 0) is 16.6 Å². The topological polar surface area (TPSA) is 46.6 Å². The molecular weight excluding hydrogens is 276 g/mol. The number of hydrogen-bond acceptors (Lipinski definition) is 3. The molecule has 4 nitrogen and oxygen atoms in total.